The molecular weight excluding hydrogens is 190 g/mol. The number of nitrogens with two attached hydrogens (primary N) is 1. The van der Waals surface area contributed by atoms with Gasteiger partial charge in [-0.1, -0.05) is 24.9 Å². The molecule has 0 saturated heterocycles. The van der Waals surface area contributed by atoms with Crippen molar-refractivity contribution < 1.29 is 4.52 Å². The molecule has 0 aliphatic heterocycles. The Morgan fingerprint density at radius 2 is 2.27 bits per heavy atom. The van der Waals surface area contributed by atoms with Crippen LogP contribution in [-0.2, 0) is 6.42 Å². The number of aryl methyl sites for hydroxylation is 1. The molecule has 1 aliphatic carbocycles. The van der Waals surface area contributed by atoms with Gasteiger partial charge in [0.2, 0.25) is 5.89 Å². The highest BCUT2D eigenvalue weighted by atomic mass is 16.5. The lowest BCUT2D eigenvalue weighted by Gasteiger charge is -2.01. The zero-order valence-electron chi connectivity index (χ0n) is 9.28. The second-order valence-corrected chi connectivity index (χ2v) is 4.37. The Morgan fingerprint density at radius 3 is 2.93 bits per heavy atom. The molecule has 15 heavy (non-hydrogen) atoms. The summed E-state index contributed by atoms with van der Waals surface area (Å²) in [6, 6.07) is -0.00586. The minimum absolute atomic E-state index is 0.00586. The van der Waals surface area contributed by atoms with Gasteiger partial charge in [-0.2, -0.15) is 4.98 Å². The summed E-state index contributed by atoms with van der Waals surface area (Å²) >= 11 is 0. The van der Waals surface area contributed by atoms with E-state index >= 15 is 0 Å². The van der Waals surface area contributed by atoms with E-state index < -0.39 is 0 Å². The molecule has 1 fully saturated rings. The average molecular weight is 209 g/mol. The van der Waals surface area contributed by atoms with Crippen LogP contribution >= 0.6 is 0 Å². The molecule has 0 spiro atoms. The maximum Gasteiger partial charge on any atom is 0.226 e. The molecule has 1 aromatic rings. The largest absolute Gasteiger partial charge is 0.339 e. The lowest BCUT2D eigenvalue weighted by molar-refractivity contribution is 0.364. The normalized spacial score (nSPS) is 18.0. The molecule has 1 saturated carbocycles. The quantitative estimate of drug-likeness (QED) is 0.729. The summed E-state index contributed by atoms with van der Waals surface area (Å²) in [6.45, 7) is 2.18. The Bertz CT molecular complexity index is 307. The Kier molecular flexibility index (Phi) is 3.36. The molecule has 1 heterocycles. The van der Waals surface area contributed by atoms with E-state index in [0.717, 1.165) is 18.7 Å². The highest BCUT2D eigenvalue weighted by Crippen LogP contribution is 2.38. The number of unbranched alkanes of at least 4 members (excludes halogenated alkanes) is 2. The summed E-state index contributed by atoms with van der Waals surface area (Å²) < 4.78 is 5.17. The molecule has 1 aliphatic rings. The third kappa shape index (κ3) is 2.78. The first-order valence-corrected chi connectivity index (χ1v) is 5.89. The summed E-state index contributed by atoms with van der Waals surface area (Å²) in [4.78, 5) is 4.34. The highest BCUT2D eigenvalue weighted by Gasteiger charge is 2.32. The molecule has 1 atom stereocenters. The van der Waals surface area contributed by atoms with E-state index in [2.05, 4.69) is 17.1 Å². The van der Waals surface area contributed by atoms with Gasteiger partial charge in [0.25, 0.3) is 0 Å². The zero-order valence-corrected chi connectivity index (χ0v) is 9.28. The highest BCUT2D eigenvalue weighted by molar-refractivity contribution is 4.99. The second-order valence-electron chi connectivity index (χ2n) is 4.37. The molecule has 0 aromatic carbocycles. The minimum atomic E-state index is -0.00586. The fourth-order valence-electron chi connectivity index (χ4n) is 1.70. The van der Waals surface area contributed by atoms with Crippen molar-refractivity contribution in [1.82, 2.24) is 10.1 Å². The second kappa shape index (κ2) is 4.75. The van der Waals surface area contributed by atoms with E-state index in [9.17, 15) is 0 Å². The summed E-state index contributed by atoms with van der Waals surface area (Å²) in [5.41, 5.74) is 5.98. The molecular formula is C11H19N3O. The molecule has 1 aromatic heterocycles. The topological polar surface area (TPSA) is 64.9 Å². The monoisotopic (exact) mass is 209 g/mol. The predicted molar refractivity (Wildman–Crippen MR) is 57.2 cm³/mol. The van der Waals surface area contributed by atoms with Gasteiger partial charge in [0.15, 0.2) is 5.82 Å². The molecule has 4 nitrogen and oxygen atoms in total. The first kappa shape index (κ1) is 10.6. The van der Waals surface area contributed by atoms with Crippen molar-refractivity contribution >= 4 is 0 Å². The van der Waals surface area contributed by atoms with Crippen molar-refractivity contribution in [2.45, 2.75) is 51.5 Å². The SMILES string of the molecule is CCCCCc1nc(C(N)C2CC2)no1. The van der Waals surface area contributed by atoms with Gasteiger partial charge in [-0.25, -0.2) is 0 Å². The van der Waals surface area contributed by atoms with E-state index in [-0.39, 0.29) is 6.04 Å². The zero-order chi connectivity index (χ0) is 10.7. The van der Waals surface area contributed by atoms with Crippen LogP contribution in [0.1, 0.15) is 56.8 Å². The van der Waals surface area contributed by atoms with Gasteiger partial charge < -0.3 is 10.3 Å². The Morgan fingerprint density at radius 1 is 1.47 bits per heavy atom. The van der Waals surface area contributed by atoms with Gasteiger partial charge in [-0.3, -0.25) is 0 Å². The smallest absolute Gasteiger partial charge is 0.226 e. The number of hydrogen-bond donors (Lipinski definition) is 1. The molecule has 84 valence electrons. The van der Waals surface area contributed by atoms with E-state index in [1.165, 1.54) is 25.7 Å². The third-order valence-electron chi connectivity index (χ3n) is 2.91. The van der Waals surface area contributed by atoms with Crippen LogP contribution in [-0.4, -0.2) is 10.1 Å². The van der Waals surface area contributed by atoms with Gasteiger partial charge in [-0.15, -0.1) is 0 Å². The van der Waals surface area contributed by atoms with Crippen molar-refractivity contribution in [3.05, 3.63) is 11.7 Å². The minimum Gasteiger partial charge on any atom is -0.339 e. The Balaban J connectivity index is 1.85. The van der Waals surface area contributed by atoms with Gasteiger partial charge in [0.1, 0.15) is 0 Å². The van der Waals surface area contributed by atoms with Crippen molar-refractivity contribution in [2.75, 3.05) is 0 Å². The molecule has 1 unspecified atom stereocenters. The van der Waals surface area contributed by atoms with Crippen LogP contribution < -0.4 is 5.73 Å². The summed E-state index contributed by atoms with van der Waals surface area (Å²) in [6.07, 6.45) is 6.85. The van der Waals surface area contributed by atoms with Gasteiger partial charge in [0.05, 0.1) is 6.04 Å². The molecule has 0 bridgehead atoms. The third-order valence-corrected chi connectivity index (χ3v) is 2.91. The molecule has 0 radical (unpaired) electrons. The van der Waals surface area contributed by atoms with Crippen LogP contribution in [0, 0.1) is 5.92 Å². The fourth-order valence-corrected chi connectivity index (χ4v) is 1.70. The van der Waals surface area contributed by atoms with Crippen molar-refractivity contribution in [3.63, 3.8) is 0 Å². The van der Waals surface area contributed by atoms with Crippen LogP contribution in [0.2, 0.25) is 0 Å². The van der Waals surface area contributed by atoms with Crippen molar-refractivity contribution in [1.29, 1.82) is 0 Å². The maximum atomic E-state index is 5.98. The van der Waals surface area contributed by atoms with E-state index in [1.807, 2.05) is 0 Å². The predicted octanol–water partition coefficient (Wildman–Crippen LogP) is 2.21. The number of nitrogens with zero attached hydrogens (tertiary/aromatic N) is 2. The number of rotatable bonds is 6. The van der Waals surface area contributed by atoms with E-state index in [0.29, 0.717) is 11.7 Å². The molecule has 2 N–H and O–H groups in total. The number of aromatic nitrogens is 2. The molecule has 2 rings (SSSR count). The lowest BCUT2D eigenvalue weighted by Crippen LogP contribution is -2.14. The van der Waals surface area contributed by atoms with Gasteiger partial charge in [-0.05, 0) is 25.2 Å². The van der Waals surface area contributed by atoms with Crippen LogP contribution in [0.3, 0.4) is 0 Å². The van der Waals surface area contributed by atoms with Crippen molar-refractivity contribution in [3.8, 4) is 0 Å². The van der Waals surface area contributed by atoms with Crippen LogP contribution in [0.15, 0.2) is 4.52 Å². The molecule has 0 amide bonds. The summed E-state index contributed by atoms with van der Waals surface area (Å²) in [7, 11) is 0. The first-order chi connectivity index (χ1) is 7.31. The van der Waals surface area contributed by atoms with Crippen molar-refractivity contribution in [2.24, 2.45) is 11.7 Å². The van der Waals surface area contributed by atoms with Gasteiger partial charge in [0, 0.05) is 6.42 Å². The average Bonchev–Trinajstić information content (AvgIpc) is 2.98. The Labute approximate surface area is 90.2 Å². The van der Waals surface area contributed by atoms with Crippen LogP contribution in [0.5, 0.6) is 0 Å². The van der Waals surface area contributed by atoms with E-state index in [1.54, 1.807) is 0 Å². The van der Waals surface area contributed by atoms with Gasteiger partial charge >= 0.3 is 0 Å². The summed E-state index contributed by atoms with van der Waals surface area (Å²) in [5.74, 6) is 2.03. The number of hydrogen-bond acceptors (Lipinski definition) is 4. The maximum absolute atomic E-state index is 5.98. The first-order valence-electron chi connectivity index (χ1n) is 5.89. The standard InChI is InChI=1S/C11H19N3O/c1-2-3-4-5-9-13-11(14-15-9)10(12)8-6-7-8/h8,10H,2-7,12H2,1H3. The van der Waals surface area contributed by atoms with Crippen LogP contribution in [0.4, 0.5) is 0 Å². The summed E-state index contributed by atoms with van der Waals surface area (Å²) in [5, 5.41) is 3.94. The van der Waals surface area contributed by atoms with E-state index in [4.69, 9.17) is 10.3 Å². The Hall–Kier alpha value is -0.900. The lowest BCUT2D eigenvalue weighted by atomic mass is 10.2. The molecule has 4 heteroatoms. The fraction of sp³-hybridized carbons (Fsp3) is 0.818. The van der Waals surface area contributed by atoms with Crippen LogP contribution in [0.25, 0.3) is 0 Å².